The number of hydrogen-bond acceptors (Lipinski definition) is 2. The summed E-state index contributed by atoms with van der Waals surface area (Å²) in [5.41, 5.74) is 0.296. The normalized spacial score (nSPS) is 10.2. The van der Waals surface area contributed by atoms with E-state index in [0.29, 0.717) is 10.8 Å². The lowest BCUT2D eigenvalue weighted by atomic mass is 10.0. The van der Waals surface area contributed by atoms with Crippen LogP contribution in [0.4, 0.5) is 4.39 Å². The van der Waals surface area contributed by atoms with E-state index in [2.05, 4.69) is 0 Å². The summed E-state index contributed by atoms with van der Waals surface area (Å²) in [5.74, 6) is -0.656. The molecule has 18 heavy (non-hydrogen) atoms. The Hall–Kier alpha value is -1.87. The van der Waals surface area contributed by atoms with Gasteiger partial charge in [0.25, 0.3) is 0 Å². The molecular weight excluding hydrogens is 255 g/mol. The SMILES string of the molecule is COc1cc(Cl)ccc1C(=O)c1ccccc1F. The topological polar surface area (TPSA) is 26.3 Å². The van der Waals surface area contributed by atoms with Gasteiger partial charge in [0.15, 0.2) is 5.78 Å². The van der Waals surface area contributed by atoms with Gasteiger partial charge in [-0.3, -0.25) is 4.79 Å². The highest BCUT2D eigenvalue weighted by Crippen LogP contribution is 2.26. The molecule has 4 heteroatoms. The van der Waals surface area contributed by atoms with Gasteiger partial charge < -0.3 is 4.74 Å². The molecule has 0 saturated carbocycles. The van der Waals surface area contributed by atoms with Crippen molar-refractivity contribution in [1.29, 1.82) is 0 Å². The predicted molar refractivity (Wildman–Crippen MR) is 67.8 cm³/mol. The lowest BCUT2D eigenvalue weighted by Gasteiger charge is -2.08. The summed E-state index contributed by atoms with van der Waals surface area (Å²) in [6.07, 6.45) is 0. The summed E-state index contributed by atoms with van der Waals surface area (Å²) in [6, 6.07) is 10.4. The number of ether oxygens (including phenoxy) is 1. The maximum Gasteiger partial charge on any atom is 0.199 e. The van der Waals surface area contributed by atoms with Crippen molar-refractivity contribution in [2.24, 2.45) is 0 Å². The van der Waals surface area contributed by atoms with Crippen LogP contribution >= 0.6 is 11.6 Å². The molecule has 0 aromatic heterocycles. The fourth-order valence-corrected chi connectivity index (χ4v) is 1.81. The van der Waals surface area contributed by atoms with Crippen LogP contribution in [0.3, 0.4) is 0 Å². The minimum absolute atomic E-state index is 0.0122. The summed E-state index contributed by atoms with van der Waals surface area (Å²) in [5, 5.41) is 0.455. The lowest BCUT2D eigenvalue weighted by Crippen LogP contribution is -2.06. The van der Waals surface area contributed by atoms with E-state index >= 15 is 0 Å². The maximum atomic E-state index is 13.6. The van der Waals surface area contributed by atoms with E-state index in [1.807, 2.05) is 0 Å². The fraction of sp³-hybridized carbons (Fsp3) is 0.0714. The van der Waals surface area contributed by atoms with Gasteiger partial charge in [-0.05, 0) is 30.3 Å². The van der Waals surface area contributed by atoms with Crippen LogP contribution in [0.1, 0.15) is 15.9 Å². The van der Waals surface area contributed by atoms with Crippen molar-refractivity contribution in [3.8, 4) is 5.75 Å². The Morgan fingerprint density at radius 1 is 1.17 bits per heavy atom. The number of halogens is 2. The van der Waals surface area contributed by atoms with Crippen LogP contribution < -0.4 is 4.74 Å². The molecule has 0 saturated heterocycles. The molecule has 2 rings (SSSR count). The van der Waals surface area contributed by atoms with Gasteiger partial charge in [-0.2, -0.15) is 0 Å². The van der Waals surface area contributed by atoms with Gasteiger partial charge in [-0.25, -0.2) is 4.39 Å². The Bertz CT molecular complexity index is 596. The number of methoxy groups -OCH3 is 1. The molecule has 0 bridgehead atoms. The monoisotopic (exact) mass is 264 g/mol. The van der Waals surface area contributed by atoms with Gasteiger partial charge in [0.2, 0.25) is 0 Å². The third-order valence-corrected chi connectivity index (χ3v) is 2.76. The van der Waals surface area contributed by atoms with Gasteiger partial charge >= 0.3 is 0 Å². The molecule has 0 spiro atoms. The van der Waals surface area contributed by atoms with Crippen molar-refractivity contribution >= 4 is 17.4 Å². The Labute approximate surface area is 109 Å². The van der Waals surface area contributed by atoms with E-state index in [-0.39, 0.29) is 11.1 Å². The third kappa shape index (κ3) is 2.36. The highest BCUT2D eigenvalue weighted by Gasteiger charge is 2.17. The van der Waals surface area contributed by atoms with Crippen LogP contribution in [0.5, 0.6) is 5.75 Å². The average molecular weight is 265 g/mol. The molecule has 0 aliphatic carbocycles. The Morgan fingerprint density at radius 2 is 1.89 bits per heavy atom. The Kier molecular flexibility index (Phi) is 3.63. The predicted octanol–water partition coefficient (Wildman–Crippen LogP) is 3.72. The first-order valence-electron chi connectivity index (χ1n) is 5.26. The standard InChI is InChI=1S/C14H10ClFO2/c1-18-13-8-9(15)6-7-11(13)14(17)10-4-2-3-5-12(10)16/h2-8H,1H3. The van der Waals surface area contributed by atoms with Gasteiger partial charge in [0, 0.05) is 5.02 Å². The molecule has 2 aromatic rings. The van der Waals surface area contributed by atoms with E-state index < -0.39 is 11.6 Å². The smallest absolute Gasteiger partial charge is 0.199 e. The van der Waals surface area contributed by atoms with Crippen molar-refractivity contribution in [3.05, 3.63) is 64.4 Å². The molecule has 92 valence electrons. The van der Waals surface area contributed by atoms with E-state index in [1.165, 1.54) is 37.4 Å². The third-order valence-electron chi connectivity index (χ3n) is 2.53. The fourth-order valence-electron chi connectivity index (χ4n) is 1.64. The van der Waals surface area contributed by atoms with Crippen molar-refractivity contribution < 1.29 is 13.9 Å². The lowest BCUT2D eigenvalue weighted by molar-refractivity contribution is 0.103. The minimum Gasteiger partial charge on any atom is -0.496 e. The zero-order chi connectivity index (χ0) is 13.1. The summed E-state index contributed by atoms with van der Waals surface area (Å²) in [6.45, 7) is 0. The first-order chi connectivity index (χ1) is 8.63. The van der Waals surface area contributed by atoms with E-state index in [4.69, 9.17) is 16.3 Å². The Balaban J connectivity index is 2.50. The van der Waals surface area contributed by atoms with E-state index in [0.717, 1.165) is 0 Å². The largest absolute Gasteiger partial charge is 0.496 e. The first-order valence-corrected chi connectivity index (χ1v) is 5.64. The zero-order valence-electron chi connectivity index (χ0n) is 9.61. The second-order valence-electron chi connectivity index (χ2n) is 3.65. The van der Waals surface area contributed by atoms with E-state index in [1.54, 1.807) is 12.1 Å². The van der Waals surface area contributed by atoms with Crippen molar-refractivity contribution in [3.63, 3.8) is 0 Å². The summed E-state index contributed by atoms with van der Waals surface area (Å²) in [7, 11) is 1.43. The number of rotatable bonds is 3. The number of ketones is 1. The molecule has 2 nitrogen and oxygen atoms in total. The molecule has 0 N–H and O–H groups in total. The molecule has 0 heterocycles. The van der Waals surface area contributed by atoms with Gasteiger partial charge in [-0.15, -0.1) is 0 Å². The molecule has 0 atom stereocenters. The van der Waals surface area contributed by atoms with Crippen LogP contribution in [0.15, 0.2) is 42.5 Å². The molecule has 0 aliphatic rings. The molecule has 2 aromatic carbocycles. The summed E-state index contributed by atoms with van der Waals surface area (Å²) in [4.78, 5) is 12.2. The second kappa shape index (κ2) is 5.19. The van der Waals surface area contributed by atoms with Crippen LogP contribution in [0.2, 0.25) is 5.02 Å². The van der Waals surface area contributed by atoms with Crippen LogP contribution in [0.25, 0.3) is 0 Å². The number of benzene rings is 2. The first kappa shape index (κ1) is 12.6. The van der Waals surface area contributed by atoms with Crippen molar-refractivity contribution in [1.82, 2.24) is 0 Å². The maximum absolute atomic E-state index is 13.6. The second-order valence-corrected chi connectivity index (χ2v) is 4.09. The average Bonchev–Trinajstić information content (AvgIpc) is 2.38. The zero-order valence-corrected chi connectivity index (χ0v) is 10.4. The van der Waals surface area contributed by atoms with Crippen molar-refractivity contribution in [2.45, 2.75) is 0 Å². The molecule has 0 fully saturated rings. The number of carbonyl (C=O) groups excluding carboxylic acids is 1. The van der Waals surface area contributed by atoms with Gasteiger partial charge in [0.1, 0.15) is 11.6 Å². The highest BCUT2D eigenvalue weighted by atomic mass is 35.5. The Morgan fingerprint density at radius 3 is 2.56 bits per heavy atom. The quantitative estimate of drug-likeness (QED) is 0.790. The molecule has 0 aliphatic heterocycles. The van der Waals surface area contributed by atoms with E-state index in [9.17, 15) is 9.18 Å². The van der Waals surface area contributed by atoms with Gasteiger partial charge in [-0.1, -0.05) is 23.7 Å². The molecule has 0 unspecified atom stereocenters. The van der Waals surface area contributed by atoms with Crippen LogP contribution in [-0.4, -0.2) is 12.9 Å². The number of carbonyl (C=O) groups is 1. The minimum atomic E-state index is -0.556. The molecular formula is C14H10ClFO2. The molecule has 0 amide bonds. The van der Waals surface area contributed by atoms with Crippen LogP contribution in [-0.2, 0) is 0 Å². The number of hydrogen-bond donors (Lipinski definition) is 0. The van der Waals surface area contributed by atoms with Crippen molar-refractivity contribution in [2.75, 3.05) is 7.11 Å². The summed E-state index contributed by atoms with van der Waals surface area (Å²) < 4.78 is 18.6. The highest BCUT2D eigenvalue weighted by molar-refractivity contribution is 6.31. The molecule has 0 radical (unpaired) electrons. The van der Waals surface area contributed by atoms with Crippen LogP contribution in [0, 0.1) is 5.82 Å². The summed E-state index contributed by atoms with van der Waals surface area (Å²) >= 11 is 5.81. The van der Waals surface area contributed by atoms with Gasteiger partial charge in [0.05, 0.1) is 18.2 Å².